The number of hydrogen-bond acceptors (Lipinski definition) is 3. The van der Waals surface area contributed by atoms with Gasteiger partial charge in [-0.1, -0.05) is 6.07 Å². The molecule has 0 aromatic heterocycles. The highest BCUT2D eigenvalue weighted by atomic mass is 19.1. The summed E-state index contributed by atoms with van der Waals surface area (Å²) in [6.45, 7) is 5.06. The summed E-state index contributed by atoms with van der Waals surface area (Å²) in [7, 11) is 0. The summed E-state index contributed by atoms with van der Waals surface area (Å²) in [6, 6.07) is 4.03. The molecule has 1 aromatic carbocycles. The van der Waals surface area contributed by atoms with Crippen LogP contribution in [0.3, 0.4) is 0 Å². The van der Waals surface area contributed by atoms with Gasteiger partial charge < -0.3 is 4.74 Å². The molecule has 1 aromatic rings. The van der Waals surface area contributed by atoms with Gasteiger partial charge in [0.05, 0.1) is 11.1 Å². The molecular formula is C12H13FO3. The lowest BCUT2D eigenvalue weighted by molar-refractivity contribution is 0.00647. The van der Waals surface area contributed by atoms with Gasteiger partial charge in [0.25, 0.3) is 0 Å². The predicted molar refractivity (Wildman–Crippen MR) is 57.0 cm³/mol. The van der Waals surface area contributed by atoms with E-state index in [4.69, 9.17) is 4.74 Å². The molecule has 86 valence electrons. The molecule has 0 saturated heterocycles. The van der Waals surface area contributed by atoms with Gasteiger partial charge in [0.15, 0.2) is 6.29 Å². The molecule has 0 fully saturated rings. The van der Waals surface area contributed by atoms with Crippen LogP contribution in [0.4, 0.5) is 4.39 Å². The Labute approximate surface area is 93.2 Å². The second kappa shape index (κ2) is 4.43. The fraction of sp³-hybridized carbons (Fsp3) is 0.333. The van der Waals surface area contributed by atoms with Crippen LogP contribution < -0.4 is 0 Å². The van der Waals surface area contributed by atoms with E-state index in [0.29, 0.717) is 6.29 Å². The number of rotatable bonds is 2. The minimum Gasteiger partial charge on any atom is -0.456 e. The number of benzene rings is 1. The Bertz CT molecular complexity index is 419. The Hall–Kier alpha value is -1.71. The van der Waals surface area contributed by atoms with Crippen molar-refractivity contribution in [1.82, 2.24) is 0 Å². The standard InChI is InChI=1S/C12H13FO3/c1-12(2,3)16-11(15)9-6-4-5-8(7-14)10(9)13/h4-7H,1-3H3. The molecule has 0 radical (unpaired) electrons. The van der Waals surface area contributed by atoms with E-state index >= 15 is 0 Å². The molecule has 0 aliphatic carbocycles. The SMILES string of the molecule is CC(C)(C)OC(=O)c1cccc(C=O)c1F. The monoisotopic (exact) mass is 224 g/mol. The zero-order valence-corrected chi connectivity index (χ0v) is 9.41. The first-order chi connectivity index (χ1) is 7.35. The van der Waals surface area contributed by atoms with Crippen LogP contribution in [0.1, 0.15) is 41.5 Å². The summed E-state index contributed by atoms with van der Waals surface area (Å²) >= 11 is 0. The number of aldehydes is 1. The van der Waals surface area contributed by atoms with Crippen molar-refractivity contribution in [3.05, 3.63) is 35.1 Å². The highest BCUT2D eigenvalue weighted by Crippen LogP contribution is 2.16. The third-order valence-corrected chi connectivity index (χ3v) is 1.77. The van der Waals surface area contributed by atoms with Gasteiger partial charge in [0.1, 0.15) is 11.4 Å². The van der Waals surface area contributed by atoms with Crippen LogP contribution in [0, 0.1) is 5.82 Å². The smallest absolute Gasteiger partial charge is 0.341 e. The van der Waals surface area contributed by atoms with E-state index in [1.165, 1.54) is 18.2 Å². The zero-order chi connectivity index (χ0) is 12.3. The first-order valence-corrected chi connectivity index (χ1v) is 4.82. The zero-order valence-electron chi connectivity index (χ0n) is 9.41. The maximum absolute atomic E-state index is 13.6. The van der Waals surface area contributed by atoms with Gasteiger partial charge in [-0.25, -0.2) is 9.18 Å². The van der Waals surface area contributed by atoms with Crippen molar-refractivity contribution in [2.24, 2.45) is 0 Å². The number of hydrogen-bond donors (Lipinski definition) is 0. The Morgan fingerprint density at radius 2 is 2.00 bits per heavy atom. The average Bonchev–Trinajstić information content (AvgIpc) is 2.15. The minimum atomic E-state index is -0.841. The Morgan fingerprint density at radius 3 is 2.50 bits per heavy atom. The topological polar surface area (TPSA) is 43.4 Å². The maximum Gasteiger partial charge on any atom is 0.341 e. The Balaban J connectivity index is 3.05. The lowest BCUT2D eigenvalue weighted by Gasteiger charge is -2.19. The molecule has 0 unspecified atom stereocenters. The van der Waals surface area contributed by atoms with Crippen LogP contribution in [0.2, 0.25) is 0 Å². The third kappa shape index (κ3) is 2.89. The number of carbonyl (C=O) groups excluding carboxylic acids is 2. The molecule has 16 heavy (non-hydrogen) atoms. The minimum absolute atomic E-state index is 0.150. The largest absolute Gasteiger partial charge is 0.456 e. The first-order valence-electron chi connectivity index (χ1n) is 4.82. The molecule has 0 bridgehead atoms. The molecule has 0 N–H and O–H groups in total. The molecular weight excluding hydrogens is 211 g/mol. The number of esters is 1. The molecule has 1 rings (SSSR count). The van der Waals surface area contributed by atoms with Crippen LogP contribution in [0.15, 0.2) is 18.2 Å². The normalized spacial score (nSPS) is 11.0. The van der Waals surface area contributed by atoms with Gasteiger partial charge in [0.2, 0.25) is 0 Å². The second-order valence-corrected chi connectivity index (χ2v) is 4.33. The van der Waals surface area contributed by atoms with Gasteiger partial charge in [0, 0.05) is 0 Å². The van der Waals surface area contributed by atoms with E-state index in [-0.39, 0.29) is 11.1 Å². The molecule has 0 aliphatic heterocycles. The van der Waals surface area contributed by atoms with Gasteiger partial charge in [-0.2, -0.15) is 0 Å². The summed E-state index contributed by atoms with van der Waals surface area (Å²) in [6.07, 6.45) is 0.364. The lowest BCUT2D eigenvalue weighted by atomic mass is 10.1. The highest BCUT2D eigenvalue weighted by molar-refractivity contribution is 5.92. The first kappa shape index (κ1) is 12.4. The summed E-state index contributed by atoms with van der Waals surface area (Å²) < 4.78 is 18.6. The van der Waals surface area contributed by atoms with Crippen molar-refractivity contribution >= 4 is 12.3 Å². The van der Waals surface area contributed by atoms with Gasteiger partial charge in [-0.05, 0) is 32.9 Å². The summed E-state index contributed by atoms with van der Waals surface area (Å²) in [4.78, 5) is 22.1. The molecule has 0 aliphatic rings. The number of halogens is 1. The van der Waals surface area contributed by atoms with E-state index in [0.717, 1.165) is 0 Å². The summed E-state index contributed by atoms with van der Waals surface area (Å²) in [5, 5.41) is 0. The van der Waals surface area contributed by atoms with Crippen molar-refractivity contribution in [2.45, 2.75) is 26.4 Å². The number of carbonyl (C=O) groups is 2. The molecule has 3 nitrogen and oxygen atoms in total. The van der Waals surface area contributed by atoms with Gasteiger partial charge in [-0.15, -0.1) is 0 Å². The van der Waals surface area contributed by atoms with E-state index in [1.807, 2.05) is 0 Å². The molecule has 0 saturated carbocycles. The number of ether oxygens (including phenoxy) is 1. The Kier molecular flexibility index (Phi) is 3.42. The van der Waals surface area contributed by atoms with Crippen LogP contribution >= 0.6 is 0 Å². The second-order valence-electron chi connectivity index (χ2n) is 4.33. The van der Waals surface area contributed by atoms with Crippen molar-refractivity contribution < 1.29 is 18.7 Å². The van der Waals surface area contributed by atoms with Crippen molar-refractivity contribution in [3.63, 3.8) is 0 Å². The van der Waals surface area contributed by atoms with Gasteiger partial charge in [-0.3, -0.25) is 4.79 Å². The van der Waals surface area contributed by atoms with E-state index in [1.54, 1.807) is 20.8 Å². The molecule has 0 spiro atoms. The van der Waals surface area contributed by atoms with Crippen LogP contribution in [0.5, 0.6) is 0 Å². The molecule has 4 heteroatoms. The average molecular weight is 224 g/mol. The third-order valence-electron chi connectivity index (χ3n) is 1.77. The van der Waals surface area contributed by atoms with Crippen LogP contribution in [-0.4, -0.2) is 17.9 Å². The summed E-state index contributed by atoms with van der Waals surface area (Å²) in [5.74, 6) is -1.61. The maximum atomic E-state index is 13.6. The van der Waals surface area contributed by atoms with Crippen molar-refractivity contribution in [3.8, 4) is 0 Å². The van der Waals surface area contributed by atoms with Crippen molar-refractivity contribution in [2.75, 3.05) is 0 Å². The fourth-order valence-corrected chi connectivity index (χ4v) is 1.13. The summed E-state index contributed by atoms with van der Waals surface area (Å²) in [5.41, 5.74) is -1.07. The van der Waals surface area contributed by atoms with Crippen LogP contribution in [-0.2, 0) is 4.74 Å². The van der Waals surface area contributed by atoms with E-state index in [9.17, 15) is 14.0 Å². The Morgan fingerprint density at radius 1 is 1.38 bits per heavy atom. The highest BCUT2D eigenvalue weighted by Gasteiger charge is 2.21. The molecule has 0 atom stereocenters. The molecule has 0 amide bonds. The predicted octanol–water partition coefficient (Wildman–Crippen LogP) is 2.59. The van der Waals surface area contributed by atoms with E-state index in [2.05, 4.69) is 0 Å². The van der Waals surface area contributed by atoms with Crippen molar-refractivity contribution in [1.29, 1.82) is 0 Å². The lowest BCUT2D eigenvalue weighted by Crippen LogP contribution is -2.24. The molecule has 0 heterocycles. The van der Waals surface area contributed by atoms with Crippen LogP contribution in [0.25, 0.3) is 0 Å². The quantitative estimate of drug-likeness (QED) is 0.572. The van der Waals surface area contributed by atoms with Gasteiger partial charge >= 0.3 is 5.97 Å². The fourth-order valence-electron chi connectivity index (χ4n) is 1.13. The van der Waals surface area contributed by atoms with E-state index < -0.39 is 17.4 Å².